The Morgan fingerprint density at radius 1 is 1.00 bits per heavy atom. The Balaban J connectivity index is 4.37. The lowest BCUT2D eigenvalue weighted by molar-refractivity contribution is -0.921. The highest BCUT2D eigenvalue weighted by molar-refractivity contribution is 5.86. The van der Waals surface area contributed by atoms with Crippen LogP contribution in [-0.4, -0.2) is 86.0 Å². The molecular formula is C23H44NO7+. The quantitative estimate of drug-likeness (QED) is 0.0974. The van der Waals surface area contributed by atoms with Crippen molar-refractivity contribution in [3.8, 4) is 0 Å². The molecule has 2 unspecified atom stereocenters. The minimum Gasteiger partial charge on any atom is -0.459 e. The smallest absolute Gasteiger partial charge is 0.361 e. The summed E-state index contributed by atoms with van der Waals surface area (Å²) in [5, 5.41) is 18.2. The van der Waals surface area contributed by atoms with Crippen LogP contribution in [0.2, 0.25) is 0 Å². The molecule has 0 aromatic rings. The second kappa shape index (κ2) is 18.1. The van der Waals surface area contributed by atoms with E-state index in [0.29, 0.717) is 18.7 Å². The molecule has 2 N–H and O–H groups in total. The molecule has 0 aliphatic heterocycles. The van der Waals surface area contributed by atoms with Gasteiger partial charge in [-0.05, 0) is 13.3 Å². The van der Waals surface area contributed by atoms with Crippen LogP contribution in [0, 0.1) is 0 Å². The van der Waals surface area contributed by atoms with Crippen LogP contribution in [0.5, 0.6) is 0 Å². The van der Waals surface area contributed by atoms with Gasteiger partial charge in [0.1, 0.15) is 25.9 Å². The number of unbranched alkanes of at least 4 members (excludes halogenated alkanes) is 7. The molecule has 0 aromatic heterocycles. The van der Waals surface area contributed by atoms with E-state index in [0.717, 1.165) is 12.8 Å². The van der Waals surface area contributed by atoms with Crippen LogP contribution in [0.25, 0.3) is 0 Å². The van der Waals surface area contributed by atoms with Gasteiger partial charge in [0.25, 0.3) is 0 Å². The number of quaternary nitrogens is 1. The zero-order valence-electron chi connectivity index (χ0n) is 19.8. The molecular weight excluding hydrogens is 402 g/mol. The summed E-state index contributed by atoms with van der Waals surface area (Å²) in [5.41, 5.74) is 0.317. The Morgan fingerprint density at radius 3 is 2.19 bits per heavy atom. The fourth-order valence-corrected chi connectivity index (χ4v) is 2.89. The average molecular weight is 447 g/mol. The number of hydrogen-bond acceptors (Lipinski definition) is 7. The number of likely N-dealkylation sites (N-methyl/N-ethyl adjacent to an activating group) is 1. The third-order valence-electron chi connectivity index (χ3n) is 4.92. The minimum absolute atomic E-state index is 0.000197. The topological polar surface area (TPSA) is 102 Å². The summed E-state index contributed by atoms with van der Waals surface area (Å²) in [6, 6.07) is 0. The van der Waals surface area contributed by atoms with Crippen LogP contribution in [0.15, 0.2) is 12.2 Å². The molecule has 31 heavy (non-hydrogen) atoms. The molecule has 8 nitrogen and oxygen atoms in total. The molecule has 0 spiro atoms. The second-order valence-electron chi connectivity index (χ2n) is 8.45. The highest BCUT2D eigenvalue weighted by Crippen LogP contribution is 2.10. The first-order chi connectivity index (χ1) is 14.7. The molecule has 0 heterocycles. The number of aliphatic hydroxyl groups excluding tert-OH is 2. The summed E-state index contributed by atoms with van der Waals surface area (Å²) in [6.07, 6.45) is 8.61. The summed E-state index contributed by atoms with van der Waals surface area (Å²) in [7, 11) is 1.83. The lowest BCUT2D eigenvalue weighted by atomic mass is 10.1. The third-order valence-corrected chi connectivity index (χ3v) is 4.92. The predicted octanol–water partition coefficient (Wildman–Crippen LogP) is 2.56. The van der Waals surface area contributed by atoms with Crippen molar-refractivity contribution in [1.82, 2.24) is 0 Å². The zero-order valence-corrected chi connectivity index (χ0v) is 19.8. The third kappa shape index (κ3) is 16.8. The maximum Gasteiger partial charge on any atom is 0.361 e. The van der Waals surface area contributed by atoms with E-state index in [1.54, 1.807) is 6.92 Å². The number of esters is 2. The minimum atomic E-state index is -1.10. The molecule has 0 amide bonds. The number of aliphatic hydroxyl groups is 2. The predicted molar refractivity (Wildman–Crippen MR) is 119 cm³/mol. The summed E-state index contributed by atoms with van der Waals surface area (Å²) in [5.74, 6) is -0.989. The molecule has 8 heteroatoms. The van der Waals surface area contributed by atoms with Gasteiger partial charge in [-0.1, -0.05) is 58.4 Å². The number of carbonyl (C=O) groups excluding carboxylic acids is 2. The van der Waals surface area contributed by atoms with Crippen molar-refractivity contribution in [3.05, 3.63) is 12.2 Å². The number of hydrogen-bond donors (Lipinski definition) is 2. The van der Waals surface area contributed by atoms with Crippen LogP contribution in [-0.2, 0) is 23.8 Å². The number of ether oxygens (including phenoxy) is 3. The molecule has 0 fully saturated rings. The summed E-state index contributed by atoms with van der Waals surface area (Å²) < 4.78 is 16.2. The SMILES string of the molecule is C=C(C)C(=O)OCC[N+](C)(COCCCCCCCCCC)CC(=O)OCC(O)CO. The van der Waals surface area contributed by atoms with Gasteiger partial charge in [-0.15, -0.1) is 0 Å². The van der Waals surface area contributed by atoms with Crippen LogP contribution in [0.3, 0.4) is 0 Å². The van der Waals surface area contributed by atoms with E-state index in [1.165, 1.54) is 38.5 Å². The Bertz CT molecular complexity index is 512. The first-order valence-corrected chi connectivity index (χ1v) is 11.4. The van der Waals surface area contributed by atoms with Gasteiger partial charge >= 0.3 is 11.9 Å². The molecule has 0 saturated carbocycles. The number of nitrogens with zero attached hydrogens (tertiary/aromatic N) is 1. The van der Waals surface area contributed by atoms with Crippen LogP contribution in [0.4, 0.5) is 0 Å². The van der Waals surface area contributed by atoms with Crippen LogP contribution >= 0.6 is 0 Å². The molecule has 0 saturated heterocycles. The van der Waals surface area contributed by atoms with Crippen molar-refractivity contribution in [2.75, 3.05) is 53.3 Å². The van der Waals surface area contributed by atoms with E-state index in [-0.39, 0.29) is 31.0 Å². The van der Waals surface area contributed by atoms with Gasteiger partial charge in [-0.2, -0.15) is 0 Å². The van der Waals surface area contributed by atoms with E-state index in [9.17, 15) is 14.7 Å². The van der Waals surface area contributed by atoms with E-state index >= 15 is 0 Å². The monoisotopic (exact) mass is 446 g/mol. The van der Waals surface area contributed by atoms with E-state index in [2.05, 4.69) is 13.5 Å². The van der Waals surface area contributed by atoms with Gasteiger partial charge in [0.05, 0.1) is 20.3 Å². The molecule has 2 atom stereocenters. The lowest BCUT2D eigenvalue weighted by Crippen LogP contribution is -2.51. The normalized spacial score (nSPS) is 14.0. The molecule has 0 aliphatic rings. The molecule has 0 aromatic carbocycles. The molecule has 182 valence electrons. The first-order valence-electron chi connectivity index (χ1n) is 11.4. The zero-order chi connectivity index (χ0) is 23.5. The fraction of sp³-hybridized carbons (Fsp3) is 0.826. The Morgan fingerprint density at radius 2 is 1.61 bits per heavy atom. The molecule has 0 rings (SSSR count). The Hall–Kier alpha value is -1.48. The molecule has 0 radical (unpaired) electrons. The van der Waals surface area contributed by atoms with Gasteiger partial charge in [0.2, 0.25) is 0 Å². The van der Waals surface area contributed by atoms with E-state index < -0.39 is 24.6 Å². The largest absolute Gasteiger partial charge is 0.459 e. The molecule has 0 bridgehead atoms. The summed E-state index contributed by atoms with van der Waals surface area (Å²) in [4.78, 5) is 23.8. The van der Waals surface area contributed by atoms with Gasteiger partial charge in [-0.3, -0.25) is 4.48 Å². The second-order valence-corrected chi connectivity index (χ2v) is 8.45. The Kier molecular flexibility index (Phi) is 17.3. The average Bonchev–Trinajstić information content (AvgIpc) is 2.73. The van der Waals surface area contributed by atoms with E-state index in [4.69, 9.17) is 19.3 Å². The van der Waals surface area contributed by atoms with Crippen LogP contribution < -0.4 is 0 Å². The number of rotatable bonds is 20. The number of carbonyl (C=O) groups is 2. The maximum atomic E-state index is 12.2. The van der Waals surface area contributed by atoms with Crippen molar-refractivity contribution in [2.24, 2.45) is 0 Å². The first kappa shape index (κ1) is 29.5. The van der Waals surface area contributed by atoms with Crippen molar-refractivity contribution >= 4 is 11.9 Å². The van der Waals surface area contributed by atoms with Crippen molar-refractivity contribution in [2.45, 2.75) is 71.3 Å². The Labute approximate surface area is 187 Å². The molecule has 0 aliphatic carbocycles. The van der Waals surface area contributed by atoms with Crippen LogP contribution in [0.1, 0.15) is 65.2 Å². The highest BCUT2D eigenvalue weighted by Gasteiger charge is 2.27. The van der Waals surface area contributed by atoms with Crippen molar-refractivity contribution in [1.29, 1.82) is 0 Å². The van der Waals surface area contributed by atoms with Gasteiger partial charge in [0.15, 0.2) is 13.3 Å². The fourth-order valence-electron chi connectivity index (χ4n) is 2.89. The van der Waals surface area contributed by atoms with Gasteiger partial charge in [0, 0.05) is 5.57 Å². The summed E-state index contributed by atoms with van der Waals surface area (Å²) in [6.45, 7) is 7.97. The van der Waals surface area contributed by atoms with E-state index in [1.807, 2.05) is 7.05 Å². The van der Waals surface area contributed by atoms with Gasteiger partial charge < -0.3 is 24.4 Å². The van der Waals surface area contributed by atoms with Crippen molar-refractivity contribution < 1.29 is 38.5 Å². The summed E-state index contributed by atoms with van der Waals surface area (Å²) >= 11 is 0. The standard InChI is InChI=1S/C23H44NO7/c1-5-6-7-8-9-10-11-12-14-29-19-24(4,13-15-30-23(28)20(2)3)16-22(27)31-18-21(26)17-25/h21,25-26H,2,5-19H2,1,3-4H3/q+1. The van der Waals surface area contributed by atoms with Crippen molar-refractivity contribution in [3.63, 3.8) is 0 Å². The van der Waals surface area contributed by atoms with Gasteiger partial charge in [-0.25, -0.2) is 9.59 Å². The lowest BCUT2D eigenvalue weighted by Gasteiger charge is -2.32. The highest BCUT2D eigenvalue weighted by atomic mass is 16.5. The maximum absolute atomic E-state index is 12.2.